The highest BCUT2D eigenvalue weighted by Gasteiger charge is 2.19. The van der Waals surface area contributed by atoms with Crippen LogP contribution in [-0.4, -0.2) is 13.1 Å². The zero-order valence-electron chi connectivity index (χ0n) is 13.5. The molecule has 0 heterocycles. The van der Waals surface area contributed by atoms with Crippen molar-refractivity contribution in [3.05, 3.63) is 34.9 Å². The van der Waals surface area contributed by atoms with Crippen LogP contribution >= 0.6 is 0 Å². The lowest BCUT2D eigenvalue weighted by Crippen LogP contribution is -2.35. The fourth-order valence-electron chi connectivity index (χ4n) is 3.67. The van der Waals surface area contributed by atoms with Gasteiger partial charge >= 0.3 is 0 Å². The van der Waals surface area contributed by atoms with E-state index in [-0.39, 0.29) is 0 Å². The predicted octanol–water partition coefficient (Wildman–Crippen LogP) is 4.52. The van der Waals surface area contributed by atoms with E-state index in [1.165, 1.54) is 56.9 Å². The monoisotopic (exact) mass is 273 g/mol. The fraction of sp³-hybridized carbons (Fsp3) is 0.684. The number of unbranched alkanes of at least 4 members (excludes halogenated alkanes) is 1. The van der Waals surface area contributed by atoms with Crippen molar-refractivity contribution in [1.82, 2.24) is 5.32 Å². The summed E-state index contributed by atoms with van der Waals surface area (Å²) in [4.78, 5) is 0. The number of hydrogen-bond donors (Lipinski definition) is 1. The van der Waals surface area contributed by atoms with Gasteiger partial charge < -0.3 is 5.32 Å². The minimum atomic E-state index is 0.631. The molecule has 1 N–H and O–H groups in total. The molecule has 1 heteroatoms. The summed E-state index contributed by atoms with van der Waals surface area (Å²) in [5.41, 5.74) is 4.73. The molecule has 0 saturated heterocycles. The van der Waals surface area contributed by atoms with Gasteiger partial charge in [0.05, 0.1) is 0 Å². The first-order valence-electron chi connectivity index (χ1n) is 8.56. The zero-order chi connectivity index (χ0) is 14.4. The summed E-state index contributed by atoms with van der Waals surface area (Å²) in [5, 5.41) is 3.58. The number of fused-ring (bicyclic) bond motifs is 1. The van der Waals surface area contributed by atoms with Crippen molar-refractivity contribution in [3.63, 3.8) is 0 Å². The smallest absolute Gasteiger partial charge is 0.0133 e. The molecule has 0 amide bonds. The highest BCUT2D eigenvalue weighted by molar-refractivity contribution is 5.35. The molecule has 0 bridgehead atoms. The molecule has 20 heavy (non-hydrogen) atoms. The third-order valence-electron chi connectivity index (χ3n) is 5.01. The van der Waals surface area contributed by atoms with Crippen LogP contribution in [0, 0.1) is 5.92 Å². The molecule has 1 aliphatic carbocycles. The molecule has 0 aromatic heterocycles. The first-order chi connectivity index (χ1) is 9.78. The summed E-state index contributed by atoms with van der Waals surface area (Å²) in [6, 6.07) is 7.84. The predicted molar refractivity (Wildman–Crippen MR) is 88.3 cm³/mol. The van der Waals surface area contributed by atoms with Gasteiger partial charge in [0.2, 0.25) is 0 Å². The molecule has 1 aromatic rings. The van der Waals surface area contributed by atoms with Gasteiger partial charge in [-0.15, -0.1) is 0 Å². The number of rotatable bonds is 8. The minimum Gasteiger partial charge on any atom is -0.316 e. The number of benzene rings is 1. The van der Waals surface area contributed by atoms with Crippen molar-refractivity contribution < 1.29 is 0 Å². The molecule has 112 valence electrons. The van der Waals surface area contributed by atoms with Crippen LogP contribution in [0.1, 0.15) is 62.6 Å². The highest BCUT2D eigenvalue weighted by atomic mass is 14.9. The molecule has 1 aliphatic rings. The van der Waals surface area contributed by atoms with E-state index in [0.717, 1.165) is 5.92 Å². The van der Waals surface area contributed by atoms with Gasteiger partial charge in [0.1, 0.15) is 0 Å². The fourth-order valence-corrected chi connectivity index (χ4v) is 3.67. The van der Waals surface area contributed by atoms with Crippen molar-refractivity contribution in [2.45, 2.75) is 71.3 Å². The van der Waals surface area contributed by atoms with E-state index in [2.05, 4.69) is 44.4 Å². The number of likely N-dealkylation sites (N-methyl/N-ethyl adjacent to an activating group) is 1. The van der Waals surface area contributed by atoms with Gasteiger partial charge in [-0.3, -0.25) is 0 Å². The normalized spacial score (nSPS) is 16.9. The van der Waals surface area contributed by atoms with E-state index < -0.39 is 0 Å². The van der Waals surface area contributed by atoms with E-state index in [4.69, 9.17) is 0 Å². The molecule has 0 spiro atoms. The van der Waals surface area contributed by atoms with E-state index in [1.54, 1.807) is 11.1 Å². The van der Waals surface area contributed by atoms with Crippen LogP contribution in [0.3, 0.4) is 0 Å². The third kappa shape index (κ3) is 3.85. The topological polar surface area (TPSA) is 12.0 Å². The molecule has 1 aromatic carbocycles. The second-order valence-electron chi connectivity index (χ2n) is 6.37. The summed E-state index contributed by atoms with van der Waals surface area (Å²) in [5.74, 6) is 0.813. The molecule has 2 unspecified atom stereocenters. The van der Waals surface area contributed by atoms with Crippen LogP contribution in [0.4, 0.5) is 0 Å². The van der Waals surface area contributed by atoms with Crippen LogP contribution in [-0.2, 0) is 19.3 Å². The van der Waals surface area contributed by atoms with Crippen molar-refractivity contribution in [2.24, 2.45) is 5.92 Å². The Morgan fingerprint density at radius 3 is 2.65 bits per heavy atom. The van der Waals surface area contributed by atoms with Gasteiger partial charge in [-0.05, 0) is 61.8 Å². The summed E-state index contributed by atoms with van der Waals surface area (Å²) < 4.78 is 0. The van der Waals surface area contributed by atoms with Crippen LogP contribution < -0.4 is 5.32 Å². The average Bonchev–Trinajstić information content (AvgIpc) is 2.94. The standard InChI is InChI=1S/C19H31N/c1-4-6-8-16(5-2)19(20-3)14-15-11-12-17-9-7-10-18(17)13-15/h11-13,16,19-20H,4-10,14H2,1-3H3. The maximum atomic E-state index is 3.58. The maximum Gasteiger partial charge on any atom is 0.0133 e. The molecule has 0 radical (unpaired) electrons. The lowest BCUT2D eigenvalue weighted by Gasteiger charge is -2.26. The van der Waals surface area contributed by atoms with Crippen LogP contribution in [0.5, 0.6) is 0 Å². The zero-order valence-corrected chi connectivity index (χ0v) is 13.5. The van der Waals surface area contributed by atoms with Crippen molar-refractivity contribution in [2.75, 3.05) is 7.05 Å². The van der Waals surface area contributed by atoms with Crippen molar-refractivity contribution in [3.8, 4) is 0 Å². The van der Waals surface area contributed by atoms with E-state index in [0.29, 0.717) is 6.04 Å². The molecule has 0 fully saturated rings. The quantitative estimate of drug-likeness (QED) is 0.734. The van der Waals surface area contributed by atoms with Gasteiger partial charge in [0.15, 0.2) is 0 Å². The second kappa shape index (κ2) is 7.83. The Hall–Kier alpha value is -0.820. The van der Waals surface area contributed by atoms with Crippen LogP contribution in [0.25, 0.3) is 0 Å². The Kier molecular flexibility index (Phi) is 6.09. The summed E-state index contributed by atoms with van der Waals surface area (Å²) in [6.45, 7) is 4.63. The lowest BCUT2D eigenvalue weighted by atomic mass is 9.87. The summed E-state index contributed by atoms with van der Waals surface area (Å²) in [6.07, 6.45) is 10.4. The Bertz CT molecular complexity index is 410. The van der Waals surface area contributed by atoms with Gasteiger partial charge in [0, 0.05) is 6.04 Å². The second-order valence-corrected chi connectivity index (χ2v) is 6.37. The first-order valence-corrected chi connectivity index (χ1v) is 8.56. The van der Waals surface area contributed by atoms with Gasteiger partial charge in [-0.2, -0.15) is 0 Å². The molecule has 2 rings (SSSR count). The molecule has 0 saturated carbocycles. The van der Waals surface area contributed by atoms with E-state index in [9.17, 15) is 0 Å². The van der Waals surface area contributed by atoms with E-state index >= 15 is 0 Å². The number of nitrogens with one attached hydrogen (secondary N) is 1. The van der Waals surface area contributed by atoms with Crippen LogP contribution in [0.15, 0.2) is 18.2 Å². The van der Waals surface area contributed by atoms with Crippen molar-refractivity contribution >= 4 is 0 Å². The average molecular weight is 273 g/mol. The van der Waals surface area contributed by atoms with Crippen LogP contribution in [0.2, 0.25) is 0 Å². The lowest BCUT2D eigenvalue weighted by molar-refractivity contribution is 0.330. The number of hydrogen-bond acceptors (Lipinski definition) is 1. The number of aryl methyl sites for hydroxylation is 2. The third-order valence-corrected chi connectivity index (χ3v) is 5.01. The molecule has 1 nitrogen and oxygen atoms in total. The highest BCUT2D eigenvalue weighted by Crippen LogP contribution is 2.25. The van der Waals surface area contributed by atoms with Gasteiger partial charge in [-0.25, -0.2) is 0 Å². The minimum absolute atomic E-state index is 0.631. The SMILES string of the molecule is CCCCC(CC)C(Cc1ccc2c(c1)CCC2)NC. The molecule has 2 atom stereocenters. The Labute approximate surface area is 125 Å². The summed E-state index contributed by atoms with van der Waals surface area (Å²) >= 11 is 0. The van der Waals surface area contributed by atoms with E-state index in [1.807, 2.05) is 0 Å². The summed E-state index contributed by atoms with van der Waals surface area (Å²) in [7, 11) is 2.13. The first kappa shape index (κ1) is 15.6. The van der Waals surface area contributed by atoms with Crippen molar-refractivity contribution in [1.29, 1.82) is 0 Å². The maximum absolute atomic E-state index is 3.58. The molecular weight excluding hydrogens is 242 g/mol. The molecular formula is C19H31N. The Morgan fingerprint density at radius 1 is 1.15 bits per heavy atom. The van der Waals surface area contributed by atoms with Gasteiger partial charge in [-0.1, -0.05) is 51.3 Å². The largest absolute Gasteiger partial charge is 0.316 e. The Balaban J connectivity index is 2.01. The Morgan fingerprint density at radius 2 is 1.95 bits per heavy atom. The molecule has 0 aliphatic heterocycles. The van der Waals surface area contributed by atoms with Gasteiger partial charge in [0.25, 0.3) is 0 Å².